The monoisotopic (exact) mass is 376 g/mol. The molecule has 0 saturated carbocycles. The number of halogens is 1. The van der Waals surface area contributed by atoms with E-state index in [1.165, 1.54) is 18.2 Å². The van der Waals surface area contributed by atoms with Gasteiger partial charge in [-0.2, -0.15) is 0 Å². The molecule has 0 spiro atoms. The summed E-state index contributed by atoms with van der Waals surface area (Å²) in [6, 6.07) is 11.5. The van der Waals surface area contributed by atoms with Crippen molar-refractivity contribution in [2.45, 2.75) is 19.8 Å². The van der Waals surface area contributed by atoms with Gasteiger partial charge in [0.05, 0.1) is 11.3 Å². The molecule has 0 bridgehead atoms. The van der Waals surface area contributed by atoms with E-state index in [9.17, 15) is 14.7 Å². The third-order valence-corrected chi connectivity index (χ3v) is 3.97. The Morgan fingerprint density at radius 1 is 1.12 bits per heavy atom. The van der Waals surface area contributed by atoms with Gasteiger partial charge in [0.1, 0.15) is 0 Å². The van der Waals surface area contributed by atoms with Crippen LogP contribution < -0.4 is 10.6 Å². The number of hydrogen-bond donors (Lipinski definition) is 3. The van der Waals surface area contributed by atoms with Gasteiger partial charge in [-0.05, 0) is 54.0 Å². The number of rotatable bonds is 4. The molecule has 0 aliphatic carbocycles. The average molecular weight is 377 g/mol. The van der Waals surface area contributed by atoms with Crippen LogP contribution in [0.2, 0.25) is 5.02 Å². The molecule has 0 aliphatic rings. The number of carbonyl (C=O) groups is 2. The molecule has 2 rings (SSSR count). The lowest BCUT2D eigenvalue weighted by Gasteiger charge is -2.12. The van der Waals surface area contributed by atoms with E-state index >= 15 is 0 Å². The third kappa shape index (κ3) is 5.01. The molecule has 3 N–H and O–H groups in total. The number of nitrogens with one attached hydrogen (secondary N) is 2. The van der Waals surface area contributed by atoms with Crippen molar-refractivity contribution >= 4 is 46.5 Å². The van der Waals surface area contributed by atoms with Crippen LogP contribution in [-0.4, -0.2) is 22.1 Å². The van der Waals surface area contributed by atoms with Gasteiger partial charge in [0.15, 0.2) is 5.11 Å². The van der Waals surface area contributed by atoms with Crippen LogP contribution >= 0.6 is 23.8 Å². The van der Waals surface area contributed by atoms with Gasteiger partial charge in [-0.3, -0.25) is 10.1 Å². The van der Waals surface area contributed by atoms with Crippen LogP contribution in [0, 0.1) is 0 Å². The second kappa shape index (κ2) is 8.09. The van der Waals surface area contributed by atoms with Crippen LogP contribution in [0.25, 0.3) is 0 Å². The molecule has 130 valence electrons. The van der Waals surface area contributed by atoms with Crippen LogP contribution in [0.4, 0.5) is 5.69 Å². The fourth-order valence-electron chi connectivity index (χ4n) is 2.15. The Kier molecular flexibility index (Phi) is 6.12. The number of carboxylic acids is 1. The van der Waals surface area contributed by atoms with Crippen LogP contribution in [0.15, 0.2) is 42.5 Å². The molecular weight excluding hydrogens is 360 g/mol. The first-order chi connectivity index (χ1) is 11.8. The minimum atomic E-state index is -1.15. The Morgan fingerprint density at radius 3 is 2.32 bits per heavy atom. The maximum atomic E-state index is 12.2. The van der Waals surface area contributed by atoms with E-state index in [1.54, 1.807) is 12.1 Å². The van der Waals surface area contributed by atoms with Crippen molar-refractivity contribution < 1.29 is 14.7 Å². The predicted octanol–water partition coefficient (Wildman–Crippen LogP) is 4.29. The van der Waals surface area contributed by atoms with Crippen LogP contribution in [-0.2, 0) is 0 Å². The number of anilines is 1. The van der Waals surface area contributed by atoms with Crippen LogP contribution in [0.5, 0.6) is 0 Å². The number of aromatic carboxylic acids is 1. The molecule has 0 aromatic heterocycles. The summed E-state index contributed by atoms with van der Waals surface area (Å²) in [6.45, 7) is 4.14. The Bertz CT molecular complexity index is 820. The molecule has 5 nitrogen and oxygen atoms in total. The molecule has 25 heavy (non-hydrogen) atoms. The van der Waals surface area contributed by atoms with Gasteiger partial charge in [-0.15, -0.1) is 0 Å². The number of carbonyl (C=O) groups excluding carboxylic acids is 1. The topological polar surface area (TPSA) is 78.4 Å². The Hall–Kier alpha value is -2.44. The summed E-state index contributed by atoms with van der Waals surface area (Å²) in [4.78, 5) is 23.5. The predicted molar refractivity (Wildman–Crippen MR) is 103 cm³/mol. The molecule has 0 aliphatic heterocycles. The van der Waals surface area contributed by atoms with E-state index in [4.69, 9.17) is 23.8 Å². The molecule has 2 aromatic rings. The highest BCUT2D eigenvalue weighted by Gasteiger charge is 2.14. The Morgan fingerprint density at radius 2 is 1.76 bits per heavy atom. The van der Waals surface area contributed by atoms with E-state index in [0.29, 0.717) is 16.5 Å². The highest BCUT2D eigenvalue weighted by Crippen LogP contribution is 2.21. The molecule has 1 amide bonds. The van der Waals surface area contributed by atoms with Gasteiger partial charge >= 0.3 is 5.97 Å². The highest BCUT2D eigenvalue weighted by molar-refractivity contribution is 7.80. The summed E-state index contributed by atoms with van der Waals surface area (Å²) in [5, 5.41) is 14.7. The molecule has 0 heterocycles. The summed E-state index contributed by atoms with van der Waals surface area (Å²) < 4.78 is 0. The van der Waals surface area contributed by atoms with Crippen molar-refractivity contribution in [1.82, 2.24) is 5.32 Å². The van der Waals surface area contributed by atoms with E-state index < -0.39 is 5.97 Å². The molecular formula is C18H17ClN2O3S. The minimum absolute atomic E-state index is 0.00255. The summed E-state index contributed by atoms with van der Waals surface area (Å²) in [6.07, 6.45) is 0. The smallest absolute Gasteiger partial charge is 0.337 e. The number of benzene rings is 2. The van der Waals surface area contributed by atoms with Gasteiger partial charge in [-0.25, -0.2) is 4.79 Å². The zero-order chi connectivity index (χ0) is 18.6. The van der Waals surface area contributed by atoms with E-state index in [1.807, 2.05) is 12.1 Å². The Labute approximate surface area is 156 Å². The van der Waals surface area contributed by atoms with E-state index in [2.05, 4.69) is 24.5 Å². The molecule has 0 unspecified atom stereocenters. The van der Waals surface area contributed by atoms with Crippen LogP contribution in [0.1, 0.15) is 46.0 Å². The van der Waals surface area contributed by atoms with Gasteiger partial charge in [-0.1, -0.05) is 37.6 Å². The zero-order valence-electron chi connectivity index (χ0n) is 13.7. The fourth-order valence-corrected chi connectivity index (χ4v) is 2.53. The maximum Gasteiger partial charge on any atom is 0.337 e. The Balaban J connectivity index is 2.07. The lowest BCUT2D eigenvalue weighted by Crippen LogP contribution is -2.34. The quantitative estimate of drug-likeness (QED) is 0.694. The minimum Gasteiger partial charge on any atom is -0.478 e. The van der Waals surface area contributed by atoms with Crippen molar-refractivity contribution in [2.24, 2.45) is 0 Å². The zero-order valence-corrected chi connectivity index (χ0v) is 15.2. The molecule has 2 aromatic carbocycles. The van der Waals surface area contributed by atoms with Crippen molar-refractivity contribution in [3.05, 3.63) is 64.2 Å². The van der Waals surface area contributed by atoms with Gasteiger partial charge in [0.25, 0.3) is 5.91 Å². The molecule has 7 heteroatoms. The molecule has 0 radical (unpaired) electrons. The fraction of sp³-hybridized carbons (Fsp3) is 0.167. The van der Waals surface area contributed by atoms with Crippen molar-refractivity contribution in [1.29, 1.82) is 0 Å². The van der Waals surface area contributed by atoms with E-state index in [0.717, 1.165) is 5.56 Å². The summed E-state index contributed by atoms with van der Waals surface area (Å²) in [5.41, 5.74) is 1.80. The number of amides is 1. The van der Waals surface area contributed by atoms with Crippen molar-refractivity contribution in [3.63, 3.8) is 0 Å². The van der Waals surface area contributed by atoms with Crippen LogP contribution in [0.3, 0.4) is 0 Å². The SMILES string of the molecule is CC(C)c1ccc(C(=O)NC(=S)Nc2ccc(Cl)cc2C(=O)O)cc1. The van der Waals surface area contributed by atoms with E-state index in [-0.39, 0.29) is 22.3 Å². The lowest BCUT2D eigenvalue weighted by atomic mass is 10.0. The van der Waals surface area contributed by atoms with Gasteiger partial charge in [0, 0.05) is 10.6 Å². The third-order valence-electron chi connectivity index (χ3n) is 3.53. The standard InChI is InChI=1S/C18H17ClN2O3S/c1-10(2)11-3-5-12(6-4-11)16(22)21-18(25)20-15-8-7-13(19)9-14(15)17(23)24/h3-10H,1-2H3,(H,23,24)(H2,20,21,22,25). The lowest BCUT2D eigenvalue weighted by molar-refractivity contribution is 0.0698. The number of thiocarbonyl (C=S) groups is 1. The molecule has 0 saturated heterocycles. The first-order valence-corrected chi connectivity index (χ1v) is 8.31. The molecule has 0 fully saturated rings. The first-order valence-electron chi connectivity index (χ1n) is 7.53. The highest BCUT2D eigenvalue weighted by atomic mass is 35.5. The average Bonchev–Trinajstić information content (AvgIpc) is 2.56. The largest absolute Gasteiger partial charge is 0.478 e. The second-order valence-electron chi connectivity index (χ2n) is 5.68. The first kappa shape index (κ1) is 18.9. The van der Waals surface area contributed by atoms with Crippen molar-refractivity contribution in [2.75, 3.05) is 5.32 Å². The van der Waals surface area contributed by atoms with Crippen molar-refractivity contribution in [3.8, 4) is 0 Å². The number of carboxylic acid groups (broad SMARTS) is 1. The normalized spacial score (nSPS) is 10.4. The summed E-state index contributed by atoms with van der Waals surface area (Å²) in [5.74, 6) is -1.15. The maximum absolute atomic E-state index is 12.2. The number of hydrogen-bond acceptors (Lipinski definition) is 3. The second-order valence-corrected chi connectivity index (χ2v) is 6.52. The van der Waals surface area contributed by atoms with Gasteiger partial charge < -0.3 is 10.4 Å². The summed E-state index contributed by atoms with van der Waals surface area (Å²) >= 11 is 10.9. The summed E-state index contributed by atoms with van der Waals surface area (Å²) in [7, 11) is 0. The molecule has 0 atom stereocenters. The van der Waals surface area contributed by atoms with Gasteiger partial charge in [0.2, 0.25) is 0 Å².